The van der Waals surface area contributed by atoms with Crippen molar-refractivity contribution in [3.63, 3.8) is 0 Å². The van der Waals surface area contributed by atoms with Crippen LogP contribution in [0.1, 0.15) is 66.9 Å². The normalized spacial score (nSPS) is 15.0. The lowest BCUT2D eigenvalue weighted by molar-refractivity contribution is -0.348. The molecule has 1 aromatic heterocycles. The van der Waals surface area contributed by atoms with Crippen molar-refractivity contribution in [1.29, 1.82) is 5.26 Å². The van der Waals surface area contributed by atoms with Gasteiger partial charge < -0.3 is 19.3 Å². The fourth-order valence-electron chi connectivity index (χ4n) is 5.83. The fraction of sp³-hybridized carbons (Fsp3) is 0.368. The number of benzene rings is 3. The summed E-state index contributed by atoms with van der Waals surface area (Å²) in [5.74, 6) is -3.11. The molecule has 3 aromatic carbocycles. The first-order valence-electron chi connectivity index (χ1n) is 17.2. The van der Waals surface area contributed by atoms with Gasteiger partial charge in [-0.15, -0.1) is 13.2 Å². The van der Waals surface area contributed by atoms with Crippen molar-refractivity contribution < 1.29 is 72.8 Å². The summed E-state index contributed by atoms with van der Waals surface area (Å²) < 4.78 is 151. The van der Waals surface area contributed by atoms with Crippen LogP contribution in [0.3, 0.4) is 0 Å². The van der Waals surface area contributed by atoms with Crippen LogP contribution in [0, 0.1) is 11.3 Å². The second-order valence-corrected chi connectivity index (χ2v) is 15.2. The summed E-state index contributed by atoms with van der Waals surface area (Å²) in [5.41, 5.74) is -10.8. The quantitative estimate of drug-likeness (QED) is 0.0840. The number of alkyl halides is 10. The summed E-state index contributed by atoms with van der Waals surface area (Å²) in [4.78, 5) is 26.4. The van der Waals surface area contributed by atoms with Crippen molar-refractivity contribution >= 4 is 35.1 Å². The summed E-state index contributed by atoms with van der Waals surface area (Å²) in [6, 6.07) is 11.3. The lowest BCUT2D eigenvalue weighted by atomic mass is 9.93. The van der Waals surface area contributed by atoms with Gasteiger partial charge in [0.25, 0.3) is 0 Å². The molecule has 1 unspecified atom stereocenters. The second-order valence-electron chi connectivity index (χ2n) is 14.4. The molecule has 1 fully saturated rings. The molecule has 0 saturated heterocycles. The zero-order valence-corrected chi connectivity index (χ0v) is 32.6. The third-order valence-electron chi connectivity index (χ3n) is 8.93. The molecule has 10 nitrogen and oxygen atoms in total. The van der Waals surface area contributed by atoms with Gasteiger partial charge in [-0.05, 0) is 81.1 Å². The zero-order chi connectivity index (χ0) is 44.8. The van der Waals surface area contributed by atoms with E-state index in [0.29, 0.717) is 10.2 Å². The van der Waals surface area contributed by atoms with E-state index in [-0.39, 0.29) is 52.6 Å². The Labute approximate surface area is 343 Å². The Morgan fingerprint density at radius 2 is 1.53 bits per heavy atom. The number of aliphatic hydroxyl groups is 1. The molecular formula is C38H30Cl2F10N4O6. The molecule has 0 radical (unpaired) electrons. The Morgan fingerprint density at radius 1 is 0.917 bits per heavy atom. The molecule has 5 rings (SSSR count). The minimum atomic E-state index is -6.69. The van der Waals surface area contributed by atoms with Crippen LogP contribution in [-0.2, 0) is 26.4 Å². The van der Waals surface area contributed by atoms with E-state index in [1.807, 2.05) is 0 Å². The molecule has 0 aliphatic heterocycles. The molecule has 0 bridgehead atoms. The number of nitriles is 1. The van der Waals surface area contributed by atoms with E-state index in [4.69, 9.17) is 32.7 Å². The maximum atomic E-state index is 14.9. The van der Waals surface area contributed by atoms with Gasteiger partial charge >= 0.3 is 36.3 Å². The number of rotatable bonds is 12. The van der Waals surface area contributed by atoms with Gasteiger partial charge in [0.2, 0.25) is 0 Å². The van der Waals surface area contributed by atoms with Gasteiger partial charge in [-0.3, -0.25) is 4.79 Å². The Hall–Kier alpha value is -5.10. The van der Waals surface area contributed by atoms with Gasteiger partial charge in [-0.2, -0.15) is 36.7 Å². The summed E-state index contributed by atoms with van der Waals surface area (Å²) in [6.07, 6.45) is -18.7. The first kappa shape index (κ1) is 46.0. The van der Waals surface area contributed by atoms with Crippen molar-refractivity contribution in [3.8, 4) is 28.6 Å². The first-order valence-corrected chi connectivity index (χ1v) is 18.0. The van der Waals surface area contributed by atoms with Crippen LogP contribution in [-0.4, -0.2) is 68.3 Å². The Balaban J connectivity index is 1.41. The van der Waals surface area contributed by atoms with Crippen LogP contribution < -0.4 is 4.74 Å². The molecule has 1 heterocycles. The number of hydrogen-bond acceptors (Lipinski definition) is 9. The van der Waals surface area contributed by atoms with E-state index in [1.54, 1.807) is 20.8 Å². The highest BCUT2D eigenvalue weighted by Crippen LogP contribution is 2.55. The summed E-state index contributed by atoms with van der Waals surface area (Å²) in [6.45, 7) is 4.50. The number of ether oxygens (including phenoxy) is 3. The van der Waals surface area contributed by atoms with Crippen LogP contribution in [0.5, 0.6) is 5.75 Å². The predicted octanol–water partition coefficient (Wildman–Crippen LogP) is 10.1. The average molecular weight is 900 g/mol. The number of hydrogen-bond donors (Lipinski definition) is 1. The number of carbonyl (C=O) groups is 2. The standard InChI is InChI=1S/C38H30Cl2F10N4O6/c1-33(2,3)60-32(57)21-6-4-20(5-7-21)12-29(55)58-19-53(34(18-51)10-11-34)31(56)25-13-22(8-9-26(25)39)23-16-52-54(17-23)30-27(40)14-24(15-28(30)59-38(48,49)50)35(41,36(42,43)44)37(45,46)47/h4-9,13-17,31,56H,10-12,19H2,1-3H3. The van der Waals surface area contributed by atoms with E-state index in [2.05, 4.69) is 15.9 Å². The molecule has 60 heavy (non-hydrogen) atoms. The van der Waals surface area contributed by atoms with Crippen molar-refractivity contribution in [1.82, 2.24) is 14.7 Å². The zero-order valence-electron chi connectivity index (χ0n) is 31.1. The van der Waals surface area contributed by atoms with Gasteiger partial charge in [-0.1, -0.05) is 41.4 Å². The smallest absolute Gasteiger partial charge is 0.456 e. The number of aliphatic hydroxyl groups excluding tert-OH is 1. The molecule has 1 aliphatic rings. The predicted molar refractivity (Wildman–Crippen MR) is 191 cm³/mol. The van der Waals surface area contributed by atoms with E-state index in [9.17, 15) is 63.9 Å². The van der Waals surface area contributed by atoms with Crippen LogP contribution in [0.2, 0.25) is 10.0 Å². The molecule has 4 aromatic rings. The highest BCUT2D eigenvalue weighted by atomic mass is 35.5. The minimum Gasteiger partial charge on any atom is -0.456 e. The lowest BCUT2D eigenvalue weighted by Crippen LogP contribution is -2.50. The van der Waals surface area contributed by atoms with Gasteiger partial charge in [0.05, 0.1) is 29.3 Å². The number of carbonyl (C=O) groups excluding carboxylic acids is 2. The largest absolute Gasteiger partial charge is 0.573 e. The van der Waals surface area contributed by atoms with Crippen molar-refractivity contribution in [3.05, 3.63) is 99.3 Å². The van der Waals surface area contributed by atoms with E-state index < -0.39 is 88.5 Å². The first-order chi connectivity index (χ1) is 27.6. The summed E-state index contributed by atoms with van der Waals surface area (Å²) >= 11 is 12.4. The highest BCUT2D eigenvalue weighted by Gasteiger charge is 2.73. The van der Waals surface area contributed by atoms with Crippen LogP contribution in [0.25, 0.3) is 16.8 Å². The third kappa shape index (κ3) is 9.91. The van der Waals surface area contributed by atoms with Crippen molar-refractivity contribution in [2.24, 2.45) is 0 Å². The van der Waals surface area contributed by atoms with Crippen molar-refractivity contribution in [2.75, 3.05) is 6.73 Å². The maximum absolute atomic E-state index is 14.9. The number of nitrogens with zero attached hydrogens (tertiary/aromatic N) is 4. The molecule has 1 atom stereocenters. The van der Waals surface area contributed by atoms with Crippen LogP contribution in [0.15, 0.2) is 67.0 Å². The lowest BCUT2D eigenvalue weighted by Gasteiger charge is -2.32. The van der Waals surface area contributed by atoms with Gasteiger partial charge in [-0.25, -0.2) is 18.8 Å². The van der Waals surface area contributed by atoms with Crippen LogP contribution in [0.4, 0.5) is 43.9 Å². The number of esters is 2. The van der Waals surface area contributed by atoms with Gasteiger partial charge in [0, 0.05) is 27.9 Å². The number of halogens is 12. The molecule has 1 N–H and O–H groups in total. The Morgan fingerprint density at radius 3 is 2.07 bits per heavy atom. The molecule has 22 heteroatoms. The van der Waals surface area contributed by atoms with E-state index in [0.717, 1.165) is 12.4 Å². The van der Waals surface area contributed by atoms with E-state index >= 15 is 0 Å². The Kier molecular flexibility index (Phi) is 12.6. The molecule has 0 spiro atoms. The van der Waals surface area contributed by atoms with Crippen LogP contribution >= 0.6 is 23.2 Å². The van der Waals surface area contributed by atoms with Gasteiger partial charge in [0.15, 0.2) is 5.75 Å². The monoisotopic (exact) mass is 898 g/mol. The highest BCUT2D eigenvalue weighted by molar-refractivity contribution is 6.33. The fourth-order valence-corrected chi connectivity index (χ4v) is 6.35. The molecular weight excluding hydrogens is 869 g/mol. The number of aromatic nitrogens is 2. The minimum absolute atomic E-state index is 0.000670. The molecule has 322 valence electrons. The summed E-state index contributed by atoms with van der Waals surface area (Å²) in [5, 5.41) is 24.1. The molecule has 0 amide bonds. The van der Waals surface area contributed by atoms with Crippen molar-refractivity contribution in [2.45, 2.75) is 81.8 Å². The average Bonchev–Trinajstić information content (AvgIpc) is 3.76. The molecule has 1 aliphatic carbocycles. The summed E-state index contributed by atoms with van der Waals surface area (Å²) in [7, 11) is 0. The maximum Gasteiger partial charge on any atom is 0.573 e. The van der Waals surface area contributed by atoms with E-state index in [1.165, 1.54) is 47.4 Å². The molecule has 1 saturated carbocycles. The van der Waals surface area contributed by atoms with Gasteiger partial charge in [0.1, 0.15) is 29.8 Å². The third-order valence-corrected chi connectivity index (χ3v) is 9.56. The Bertz CT molecular complexity index is 2280. The topological polar surface area (TPSA) is 127 Å². The SMILES string of the molecule is CC(C)(C)OC(=O)c1ccc(CC(=O)OCN(C(O)c2cc(-c3cnn(-c4c(Cl)cc(C(F)(C(F)(F)F)C(F)(F)F)cc4OC(F)(F)F)c3)ccc2Cl)C2(C#N)CC2)cc1. The second kappa shape index (κ2) is 16.4.